The highest BCUT2D eigenvalue weighted by atomic mass is 32.1. The summed E-state index contributed by atoms with van der Waals surface area (Å²) in [7, 11) is 0. The zero-order chi connectivity index (χ0) is 21.7. The lowest BCUT2D eigenvalue weighted by atomic mass is 10.0. The van der Waals surface area contributed by atoms with E-state index in [2.05, 4.69) is 39.5 Å². The Labute approximate surface area is 191 Å². The predicted octanol–water partition coefficient (Wildman–Crippen LogP) is 3.08. The van der Waals surface area contributed by atoms with Crippen molar-refractivity contribution < 1.29 is 4.79 Å². The van der Waals surface area contributed by atoms with Crippen LogP contribution in [0.3, 0.4) is 0 Å². The van der Waals surface area contributed by atoms with Crippen molar-refractivity contribution in [3.05, 3.63) is 30.3 Å². The molecule has 0 bridgehead atoms. The van der Waals surface area contributed by atoms with Crippen LogP contribution in [0, 0.1) is 0 Å². The lowest BCUT2D eigenvalue weighted by Crippen LogP contribution is -2.66. The van der Waals surface area contributed by atoms with Crippen LogP contribution in [0.2, 0.25) is 0 Å². The van der Waals surface area contributed by atoms with Crippen LogP contribution >= 0.6 is 24.4 Å². The third-order valence-electron chi connectivity index (χ3n) is 5.89. The summed E-state index contributed by atoms with van der Waals surface area (Å²) in [5.74, 6) is -0.0663. The lowest BCUT2D eigenvalue weighted by Gasteiger charge is -2.48. The lowest BCUT2D eigenvalue weighted by molar-refractivity contribution is -0.126. The molecule has 1 aromatic carbocycles. The largest absolute Gasteiger partial charge is 0.326 e. The number of nitrogens with zero attached hydrogens (tertiary/aromatic N) is 3. The van der Waals surface area contributed by atoms with E-state index in [4.69, 9.17) is 24.4 Å². The first-order chi connectivity index (χ1) is 14.4. The van der Waals surface area contributed by atoms with Crippen molar-refractivity contribution in [2.75, 3.05) is 31.1 Å². The van der Waals surface area contributed by atoms with E-state index in [9.17, 15) is 4.79 Å². The van der Waals surface area contributed by atoms with E-state index >= 15 is 0 Å². The number of carbonyl (C=O) groups excluding carboxylic acids is 1. The average Bonchev–Trinajstić information content (AvgIpc) is 2.94. The number of hydrogen-bond donors (Lipinski definition) is 2. The number of unbranched alkanes of at least 4 members (excludes halogenated alkanes) is 3. The molecule has 0 aliphatic carbocycles. The Morgan fingerprint density at radius 1 is 1.23 bits per heavy atom. The molecule has 0 radical (unpaired) electrons. The number of nitrogens with one attached hydrogen (secondary N) is 2. The van der Waals surface area contributed by atoms with Gasteiger partial charge in [0.2, 0.25) is 0 Å². The Morgan fingerprint density at radius 2 is 1.97 bits per heavy atom. The van der Waals surface area contributed by atoms with Crippen molar-refractivity contribution in [3.63, 3.8) is 0 Å². The summed E-state index contributed by atoms with van der Waals surface area (Å²) in [4.78, 5) is 18.9. The van der Waals surface area contributed by atoms with Gasteiger partial charge < -0.3 is 25.3 Å². The zero-order valence-electron chi connectivity index (χ0n) is 18.2. The summed E-state index contributed by atoms with van der Waals surface area (Å²) in [5, 5.41) is 7.54. The molecule has 1 unspecified atom stereocenters. The molecule has 1 amide bonds. The fourth-order valence-corrected chi connectivity index (χ4v) is 4.97. The standard InChI is InChI=1S/C22H33N5OS2/c1-4-5-6-10-14-25(17-11-8-7-9-12-17)21(30)26-15-13-23-16-18(26)27-20(29)24-19(28)22(27,2)3/h7-9,11-12,18,23H,4-6,10,13-16H2,1-3H3,(H,24,28,29). The molecule has 2 saturated heterocycles. The molecule has 164 valence electrons. The summed E-state index contributed by atoms with van der Waals surface area (Å²) in [6.07, 6.45) is 4.60. The first kappa shape index (κ1) is 22.9. The maximum absolute atomic E-state index is 12.5. The van der Waals surface area contributed by atoms with Crippen LogP contribution in [-0.2, 0) is 4.79 Å². The number of benzene rings is 1. The highest BCUT2D eigenvalue weighted by Gasteiger charge is 2.49. The fraction of sp³-hybridized carbons (Fsp3) is 0.591. The Kier molecular flexibility index (Phi) is 7.65. The monoisotopic (exact) mass is 447 g/mol. The molecule has 8 heteroatoms. The van der Waals surface area contributed by atoms with Gasteiger partial charge in [0.1, 0.15) is 11.7 Å². The van der Waals surface area contributed by atoms with Crippen molar-refractivity contribution in [2.24, 2.45) is 0 Å². The van der Waals surface area contributed by atoms with Gasteiger partial charge in [0.25, 0.3) is 5.91 Å². The van der Waals surface area contributed by atoms with Crippen molar-refractivity contribution >= 4 is 46.3 Å². The molecule has 1 aromatic rings. The molecule has 30 heavy (non-hydrogen) atoms. The third kappa shape index (κ3) is 4.76. The topological polar surface area (TPSA) is 50.9 Å². The SMILES string of the molecule is CCCCCCN(C(=S)N1CCNCC1N1C(=S)NC(=O)C1(C)C)c1ccccc1. The van der Waals surface area contributed by atoms with Gasteiger partial charge in [0, 0.05) is 31.9 Å². The van der Waals surface area contributed by atoms with Crippen LogP contribution in [0.5, 0.6) is 0 Å². The van der Waals surface area contributed by atoms with E-state index in [0.29, 0.717) is 11.7 Å². The zero-order valence-corrected chi connectivity index (χ0v) is 19.8. The van der Waals surface area contributed by atoms with Gasteiger partial charge in [-0.25, -0.2) is 0 Å². The van der Waals surface area contributed by atoms with E-state index in [1.165, 1.54) is 19.3 Å². The molecular formula is C22H33N5OS2. The van der Waals surface area contributed by atoms with Crippen molar-refractivity contribution in [1.29, 1.82) is 0 Å². The first-order valence-corrected chi connectivity index (χ1v) is 11.7. The Balaban J connectivity index is 1.86. The van der Waals surface area contributed by atoms with Gasteiger partial charge in [-0.3, -0.25) is 4.79 Å². The molecule has 2 aliphatic rings. The molecule has 0 saturated carbocycles. The second-order valence-electron chi connectivity index (χ2n) is 8.40. The highest BCUT2D eigenvalue weighted by molar-refractivity contribution is 7.80. The highest BCUT2D eigenvalue weighted by Crippen LogP contribution is 2.28. The molecule has 2 aliphatic heterocycles. The molecular weight excluding hydrogens is 414 g/mol. The smallest absolute Gasteiger partial charge is 0.251 e. The van der Waals surface area contributed by atoms with Crippen molar-refractivity contribution in [3.8, 4) is 0 Å². The van der Waals surface area contributed by atoms with Crippen LogP contribution in [-0.4, -0.2) is 63.8 Å². The fourth-order valence-electron chi connectivity index (χ4n) is 4.12. The molecule has 2 heterocycles. The van der Waals surface area contributed by atoms with E-state index in [0.717, 1.165) is 36.9 Å². The number of carbonyl (C=O) groups is 1. The van der Waals surface area contributed by atoms with Gasteiger partial charge in [0.15, 0.2) is 10.2 Å². The molecule has 3 rings (SSSR count). The number of rotatable bonds is 7. The minimum Gasteiger partial charge on any atom is -0.326 e. The summed E-state index contributed by atoms with van der Waals surface area (Å²) >= 11 is 11.6. The molecule has 0 aromatic heterocycles. The maximum Gasteiger partial charge on any atom is 0.251 e. The summed E-state index contributed by atoms with van der Waals surface area (Å²) in [6, 6.07) is 10.3. The molecule has 2 fully saturated rings. The Bertz CT molecular complexity index is 770. The quantitative estimate of drug-likeness (QED) is 0.492. The number of anilines is 1. The Morgan fingerprint density at radius 3 is 2.60 bits per heavy atom. The van der Waals surface area contributed by atoms with Gasteiger partial charge >= 0.3 is 0 Å². The van der Waals surface area contributed by atoms with E-state index in [1.807, 2.05) is 36.9 Å². The number of piperazine rings is 1. The van der Waals surface area contributed by atoms with E-state index in [-0.39, 0.29) is 12.1 Å². The molecule has 6 nitrogen and oxygen atoms in total. The molecule has 2 N–H and O–H groups in total. The summed E-state index contributed by atoms with van der Waals surface area (Å²) < 4.78 is 0. The maximum atomic E-state index is 12.5. The van der Waals surface area contributed by atoms with Crippen molar-refractivity contribution in [2.45, 2.75) is 58.2 Å². The van der Waals surface area contributed by atoms with E-state index < -0.39 is 5.54 Å². The predicted molar refractivity (Wildman–Crippen MR) is 131 cm³/mol. The second-order valence-corrected chi connectivity index (χ2v) is 9.15. The molecule has 1 atom stereocenters. The van der Waals surface area contributed by atoms with Crippen LogP contribution in [0.15, 0.2) is 30.3 Å². The van der Waals surface area contributed by atoms with Gasteiger partial charge in [-0.15, -0.1) is 0 Å². The number of amides is 1. The van der Waals surface area contributed by atoms with E-state index in [1.54, 1.807) is 0 Å². The summed E-state index contributed by atoms with van der Waals surface area (Å²) in [5.41, 5.74) is 0.390. The average molecular weight is 448 g/mol. The normalized spacial score (nSPS) is 21.0. The number of hydrogen-bond acceptors (Lipinski definition) is 4. The van der Waals surface area contributed by atoms with Gasteiger partial charge in [0.05, 0.1) is 0 Å². The minimum atomic E-state index is -0.715. The Hall–Kier alpha value is -1.77. The number of para-hydroxylation sites is 1. The summed E-state index contributed by atoms with van der Waals surface area (Å²) in [6.45, 7) is 9.24. The minimum absolute atomic E-state index is 0.0663. The molecule has 0 spiro atoms. The van der Waals surface area contributed by atoms with Gasteiger partial charge in [-0.1, -0.05) is 44.4 Å². The second kappa shape index (κ2) is 10.0. The van der Waals surface area contributed by atoms with Gasteiger partial charge in [-0.2, -0.15) is 0 Å². The first-order valence-electron chi connectivity index (χ1n) is 10.9. The van der Waals surface area contributed by atoms with Crippen LogP contribution < -0.4 is 15.5 Å². The number of thiocarbonyl (C=S) groups is 2. The van der Waals surface area contributed by atoms with Crippen molar-refractivity contribution in [1.82, 2.24) is 20.4 Å². The third-order valence-corrected chi connectivity index (χ3v) is 6.64. The van der Waals surface area contributed by atoms with Gasteiger partial charge in [-0.05, 0) is 56.8 Å². The van der Waals surface area contributed by atoms with Crippen LogP contribution in [0.1, 0.15) is 46.5 Å². The van der Waals surface area contributed by atoms with Crippen LogP contribution in [0.25, 0.3) is 0 Å². The van der Waals surface area contributed by atoms with Crippen LogP contribution in [0.4, 0.5) is 5.69 Å².